The zero-order chi connectivity index (χ0) is 20.3. The van der Waals surface area contributed by atoms with Gasteiger partial charge in [0, 0.05) is 35.7 Å². The van der Waals surface area contributed by atoms with Gasteiger partial charge >= 0.3 is 0 Å². The molecular formula is C19H20ClN3O4S. The van der Waals surface area contributed by atoms with Gasteiger partial charge in [-0.1, -0.05) is 18.2 Å². The van der Waals surface area contributed by atoms with Crippen molar-refractivity contribution in [1.29, 1.82) is 0 Å². The monoisotopic (exact) mass is 421 g/mol. The van der Waals surface area contributed by atoms with E-state index in [9.17, 15) is 14.7 Å². The van der Waals surface area contributed by atoms with Crippen molar-refractivity contribution < 1.29 is 19.4 Å². The molecule has 1 aromatic heterocycles. The third-order valence-electron chi connectivity index (χ3n) is 4.19. The number of aromatic nitrogens is 1. The summed E-state index contributed by atoms with van der Waals surface area (Å²) < 4.78 is 5.68. The quantitative estimate of drug-likeness (QED) is 0.665. The second-order valence-corrected chi connectivity index (χ2v) is 8.05. The Kier molecular flexibility index (Phi) is 6.33. The summed E-state index contributed by atoms with van der Waals surface area (Å²) in [6.45, 7) is 5.96. The molecule has 0 spiro atoms. The lowest BCUT2D eigenvalue weighted by molar-refractivity contribution is -0.129. The number of hydrogen-bond donors (Lipinski definition) is 3. The molecule has 2 aromatic rings. The first-order valence-electron chi connectivity index (χ1n) is 8.67. The number of hydrogen-bond acceptors (Lipinski definition) is 6. The van der Waals surface area contributed by atoms with Crippen molar-refractivity contribution in [2.45, 2.75) is 32.0 Å². The molecule has 0 aliphatic carbocycles. The van der Waals surface area contributed by atoms with Crippen LogP contribution in [-0.2, 0) is 4.79 Å². The summed E-state index contributed by atoms with van der Waals surface area (Å²) in [5.41, 5.74) is 1.02. The number of amides is 2. The van der Waals surface area contributed by atoms with Gasteiger partial charge < -0.3 is 20.5 Å². The van der Waals surface area contributed by atoms with Gasteiger partial charge in [0.05, 0.1) is 17.3 Å². The lowest BCUT2D eigenvalue weighted by atomic mass is 9.98. The smallest absolute Gasteiger partial charge is 0.265 e. The van der Waals surface area contributed by atoms with Crippen LogP contribution in [0.2, 0.25) is 5.02 Å². The Morgan fingerprint density at radius 3 is 2.96 bits per heavy atom. The second-order valence-electron chi connectivity index (χ2n) is 6.38. The maximum Gasteiger partial charge on any atom is 0.265 e. The van der Waals surface area contributed by atoms with Gasteiger partial charge in [-0.15, -0.1) is 11.3 Å². The van der Waals surface area contributed by atoms with Gasteiger partial charge in [0.2, 0.25) is 0 Å². The van der Waals surface area contributed by atoms with Gasteiger partial charge in [0.15, 0.2) is 6.10 Å². The average molecular weight is 422 g/mol. The Morgan fingerprint density at radius 1 is 1.46 bits per heavy atom. The molecule has 0 fully saturated rings. The van der Waals surface area contributed by atoms with Gasteiger partial charge in [-0.25, -0.2) is 4.98 Å². The van der Waals surface area contributed by atoms with Gasteiger partial charge in [-0.3, -0.25) is 9.59 Å². The lowest BCUT2D eigenvalue weighted by Gasteiger charge is -2.29. The number of benzene rings is 1. The van der Waals surface area contributed by atoms with Crippen molar-refractivity contribution >= 4 is 34.8 Å². The Labute approximate surface area is 171 Å². The first kappa shape index (κ1) is 20.3. The van der Waals surface area contributed by atoms with Crippen LogP contribution in [0.15, 0.2) is 36.7 Å². The Bertz CT molecular complexity index is 914. The highest BCUT2D eigenvalue weighted by Gasteiger charge is 2.32. The molecule has 0 bridgehead atoms. The number of rotatable bonds is 6. The fourth-order valence-corrected chi connectivity index (χ4v) is 3.65. The first-order valence-corrected chi connectivity index (χ1v) is 9.86. The molecule has 28 heavy (non-hydrogen) atoms. The molecule has 2 amide bonds. The number of ether oxygens (including phenoxy) is 1. The zero-order valence-electron chi connectivity index (χ0n) is 15.2. The predicted octanol–water partition coefficient (Wildman–Crippen LogP) is 2.74. The average Bonchev–Trinajstić information content (AvgIpc) is 3.08. The van der Waals surface area contributed by atoms with E-state index in [1.54, 1.807) is 18.2 Å². The first-order chi connectivity index (χ1) is 13.3. The van der Waals surface area contributed by atoms with Crippen LogP contribution in [0.25, 0.3) is 0 Å². The molecule has 0 radical (unpaired) electrons. The van der Waals surface area contributed by atoms with Crippen LogP contribution in [0.5, 0.6) is 5.75 Å². The zero-order valence-corrected chi connectivity index (χ0v) is 16.8. The van der Waals surface area contributed by atoms with E-state index in [1.807, 2.05) is 6.92 Å². The van der Waals surface area contributed by atoms with Crippen LogP contribution in [-0.4, -0.2) is 34.6 Å². The number of carbonyl (C=O) groups excluding carboxylic acids is 2. The van der Waals surface area contributed by atoms with E-state index in [2.05, 4.69) is 22.2 Å². The molecule has 1 aliphatic rings. The molecule has 0 saturated carbocycles. The van der Waals surface area contributed by atoms with Crippen LogP contribution in [0, 0.1) is 6.92 Å². The summed E-state index contributed by atoms with van der Waals surface area (Å²) in [6, 6.07) is 4.90. The number of nitrogens with one attached hydrogen (secondary N) is 2. The highest BCUT2D eigenvalue weighted by molar-refractivity contribution is 7.13. The van der Waals surface area contributed by atoms with Crippen molar-refractivity contribution in [3.63, 3.8) is 0 Å². The SMILES string of the molecule is C=C(CCNC(=O)c1cnc(C)s1)NC(=O)[C@H]1C[C@@H](O)c2cc(Cl)ccc2O1. The van der Waals surface area contributed by atoms with Crippen molar-refractivity contribution in [1.82, 2.24) is 15.6 Å². The predicted molar refractivity (Wildman–Crippen MR) is 107 cm³/mol. The molecule has 7 nitrogen and oxygen atoms in total. The summed E-state index contributed by atoms with van der Waals surface area (Å²) >= 11 is 7.25. The fraction of sp³-hybridized carbons (Fsp3) is 0.316. The van der Waals surface area contributed by atoms with Crippen LogP contribution < -0.4 is 15.4 Å². The molecule has 2 atom stereocenters. The molecule has 2 heterocycles. The number of aliphatic hydroxyl groups is 1. The van der Waals surface area contributed by atoms with Crippen LogP contribution >= 0.6 is 22.9 Å². The molecule has 1 aromatic carbocycles. The van der Waals surface area contributed by atoms with Gasteiger partial charge in [-0.05, 0) is 25.1 Å². The van der Waals surface area contributed by atoms with Crippen molar-refractivity contribution in [3.05, 3.63) is 57.1 Å². The van der Waals surface area contributed by atoms with Crippen LogP contribution in [0.1, 0.15) is 39.2 Å². The van der Waals surface area contributed by atoms with E-state index >= 15 is 0 Å². The maximum absolute atomic E-state index is 12.4. The fourth-order valence-electron chi connectivity index (χ4n) is 2.78. The minimum absolute atomic E-state index is 0.119. The third-order valence-corrected chi connectivity index (χ3v) is 5.33. The summed E-state index contributed by atoms with van der Waals surface area (Å²) in [5.74, 6) is -0.172. The highest BCUT2D eigenvalue weighted by Crippen LogP contribution is 2.36. The number of halogens is 1. The number of carbonyl (C=O) groups is 2. The minimum atomic E-state index is -0.839. The minimum Gasteiger partial charge on any atom is -0.480 e. The van der Waals surface area contributed by atoms with E-state index in [0.29, 0.717) is 39.9 Å². The van der Waals surface area contributed by atoms with Gasteiger partial charge in [-0.2, -0.15) is 0 Å². The lowest BCUT2D eigenvalue weighted by Crippen LogP contribution is -2.41. The summed E-state index contributed by atoms with van der Waals surface area (Å²) in [7, 11) is 0. The Morgan fingerprint density at radius 2 is 2.25 bits per heavy atom. The van der Waals surface area contributed by atoms with Crippen LogP contribution in [0.3, 0.4) is 0 Å². The maximum atomic E-state index is 12.4. The number of thiazole rings is 1. The molecule has 0 saturated heterocycles. The Balaban J connectivity index is 1.47. The van der Waals surface area contributed by atoms with E-state index in [4.69, 9.17) is 16.3 Å². The second kappa shape index (κ2) is 8.72. The number of fused-ring (bicyclic) bond motifs is 1. The molecule has 9 heteroatoms. The molecule has 3 N–H and O–H groups in total. The standard InChI is InChI=1S/C19H20ClN3O4S/c1-10(5-6-21-19(26)17-9-22-11(2)28-17)23-18(25)16-8-14(24)13-7-12(20)3-4-15(13)27-16/h3-4,7,9,14,16,24H,1,5-6,8H2,2H3,(H,21,26)(H,23,25)/t14-,16-/m1/s1. The topological polar surface area (TPSA) is 101 Å². The van der Waals surface area contributed by atoms with E-state index in [1.165, 1.54) is 17.5 Å². The van der Waals surface area contributed by atoms with Crippen molar-refractivity contribution in [2.24, 2.45) is 0 Å². The van der Waals surface area contributed by atoms with Gasteiger partial charge in [0.1, 0.15) is 10.6 Å². The highest BCUT2D eigenvalue weighted by atomic mass is 35.5. The third kappa shape index (κ3) is 4.89. The molecule has 148 valence electrons. The number of aliphatic hydroxyl groups excluding tert-OH is 1. The Hall–Kier alpha value is -2.42. The van der Waals surface area contributed by atoms with E-state index in [0.717, 1.165) is 5.01 Å². The van der Waals surface area contributed by atoms with E-state index in [-0.39, 0.29) is 12.3 Å². The number of nitrogens with zero attached hydrogens (tertiary/aromatic N) is 1. The van der Waals surface area contributed by atoms with Gasteiger partial charge in [0.25, 0.3) is 11.8 Å². The summed E-state index contributed by atoms with van der Waals surface area (Å²) in [5, 5.41) is 17.0. The normalized spacial score (nSPS) is 18.0. The number of aryl methyl sites for hydroxylation is 1. The molecule has 1 aliphatic heterocycles. The largest absolute Gasteiger partial charge is 0.480 e. The summed E-state index contributed by atoms with van der Waals surface area (Å²) in [4.78, 5) is 29.0. The molecular weight excluding hydrogens is 402 g/mol. The molecule has 3 rings (SSSR count). The van der Waals surface area contributed by atoms with E-state index < -0.39 is 18.1 Å². The van der Waals surface area contributed by atoms with Crippen molar-refractivity contribution in [2.75, 3.05) is 6.54 Å². The molecule has 0 unspecified atom stereocenters. The van der Waals surface area contributed by atoms with Crippen LogP contribution in [0.4, 0.5) is 0 Å². The summed E-state index contributed by atoms with van der Waals surface area (Å²) in [6.07, 6.45) is 0.344. The van der Waals surface area contributed by atoms with Crippen molar-refractivity contribution in [3.8, 4) is 5.75 Å².